The molecule has 3 heterocycles. The summed E-state index contributed by atoms with van der Waals surface area (Å²) >= 11 is 1.67. The molecule has 2 saturated heterocycles. The third-order valence-electron chi connectivity index (χ3n) is 4.82. The quantitative estimate of drug-likeness (QED) is 0.786. The SMILES string of the molecule is C=S(=O)(c1csc(C)c1C)N1CCC2(CCCO2)CC1. The van der Waals surface area contributed by atoms with Crippen LogP contribution in [0.5, 0.6) is 0 Å². The second-order valence-corrected chi connectivity index (χ2v) is 9.31. The van der Waals surface area contributed by atoms with E-state index in [-0.39, 0.29) is 5.60 Å². The van der Waals surface area contributed by atoms with Crippen molar-refractivity contribution >= 4 is 26.9 Å². The van der Waals surface area contributed by atoms with E-state index >= 15 is 0 Å². The van der Waals surface area contributed by atoms with Gasteiger partial charge < -0.3 is 4.74 Å². The highest BCUT2D eigenvalue weighted by molar-refractivity contribution is 7.98. The van der Waals surface area contributed by atoms with Crippen LogP contribution in [0, 0.1) is 13.8 Å². The Bertz CT molecular complexity index is 587. The summed E-state index contributed by atoms with van der Waals surface area (Å²) in [6, 6.07) is 0. The van der Waals surface area contributed by atoms with Crippen molar-refractivity contribution in [2.45, 2.75) is 50.0 Å². The van der Waals surface area contributed by atoms with E-state index < -0.39 is 9.71 Å². The van der Waals surface area contributed by atoms with Crippen LogP contribution in [0.2, 0.25) is 0 Å². The van der Waals surface area contributed by atoms with Gasteiger partial charge in [-0.1, -0.05) is 0 Å². The molecule has 2 aliphatic rings. The van der Waals surface area contributed by atoms with E-state index in [9.17, 15) is 4.21 Å². The van der Waals surface area contributed by atoms with E-state index in [1.807, 2.05) is 5.38 Å². The molecule has 0 amide bonds. The molecule has 1 atom stereocenters. The zero-order chi connectivity index (χ0) is 14.4. The van der Waals surface area contributed by atoms with Crippen LogP contribution in [0.4, 0.5) is 0 Å². The molecule has 1 unspecified atom stereocenters. The molecule has 0 saturated carbocycles. The molecular weight excluding hydrogens is 290 g/mol. The molecule has 1 spiro atoms. The van der Waals surface area contributed by atoms with Gasteiger partial charge in [-0.2, -0.15) is 0 Å². The van der Waals surface area contributed by atoms with Crippen LogP contribution in [-0.4, -0.2) is 39.7 Å². The molecule has 1 aromatic heterocycles. The highest BCUT2D eigenvalue weighted by Crippen LogP contribution is 2.38. The van der Waals surface area contributed by atoms with Crippen molar-refractivity contribution < 1.29 is 8.95 Å². The summed E-state index contributed by atoms with van der Waals surface area (Å²) in [5.74, 6) is 4.07. The van der Waals surface area contributed by atoms with Crippen LogP contribution >= 0.6 is 11.3 Å². The Kier molecular flexibility index (Phi) is 3.73. The third kappa shape index (κ3) is 2.34. The Morgan fingerprint density at radius 3 is 2.55 bits per heavy atom. The highest BCUT2D eigenvalue weighted by Gasteiger charge is 2.40. The number of thiophene rings is 1. The first-order chi connectivity index (χ1) is 9.45. The summed E-state index contributed by atoms with van der Waals surface area (Å²) in [4.78, 5) is 2.17. The first-order valence-corrected chi connectivity index (χ1v) is 9.82. The van der Waals surface area contributed by atoms with Gasteiger partial charge in [0, 0.05) is 30.0 Å². The van der Waals surface area contributed by atoms with Gasteiger partial charge in [0.05, 0.1) is 20.2 Å². The van der Waals surface area contributed by atoms with Crippen LogP contribution in [0.1, 0.15) is 36.1 Å². The fourth-order valence-corrected chi connectivity index (χ4v) is 6.52. The molecule has 0 bridgehead atoms. The van der Waals surface area contributed by atoms with E-state index in [0.29, 0.717) is 0 Å². The van der Waals surface area contributed by atoms with Gasteiger partial charge in [-0.25, -0.2) is 8.51 Å². The normalized spacial score (nSPS) is 25.9. The fourth-order valence-electron chi connectivity index (χ4n) is 3.28. The Morgan fingerprint density at radius 1 is 1.35 bits per heavy atom. The number of nitrogens with zero attached hydrogens (tertiary/aromatic N) is 1. The molecular formula is C15H23NO2S2. The standard InChI is InChI=1S/C15H23NO2S2/c1-12-13(2)19-11-14(12)20(3,17)16-8-6-15(7-9-16)5-4-10-18-15/h11H,3-10H2,1-2H3. The lowest BCUT2D eigenvalue weighted by Crippen LogP contribution is -2.46. The molecule has 3 nitrogen and oxygen atoms in total. The summed E-state index contributed by atoms with van der Waals surface area (Å²) in [7, 11) is -2.33. The number of aryl methyl sites for hydroxylation is 1. The molecule has 0 radical (unpaired) electrons. The number of rotatable bonds is 2. The molecule has 20 heavy (non-hydrogen) atoms. The van der Waals surface area contributed by atoms with Gasteiger partial charge in [-0.05, 0) is 51.0 Å². The molecule has 5 heteroatoms. The average Bonchev–Trinajstić information content (AvgIpc) is 2.99. The lowest BCUT2D eigenvalue weighted by Gasteiger charge is -2.39. The number of piperidine rings is 1. The van der Waals surface area contributed by atoms with Gasteiger partial charge in [-0.3, -0.25) is 0 Å². The minimum Gasteiger partial charge on any atom is -0.375 e. The molecule has 112 valence electrons. The zero-order valence-electron chi connectivity index (χ0n) is 12.3. The van der Waals surface area contributed by atoms with Crippen LogP contribution in [0.15, 0.2) is 10.3 Å². The minimum atomic E-state index is -2.33. The summed E-state index contributed by atoms with van der Waals surface area (Å²) in [5.41, 5.74) is 1.22. The second-order valence-electron chi connectivity index (χ2n) is 5.99. The van der Waals surface area contributed by atoms with Crippen LogP contribution < -0.4 is 0 Å². The maximum absolute atomic E-state index is 13.2. The Balaban J connectivity index is 1.78. The van der Waals surface area contributed by atoms with Gasteiger partial charge in [0.2, 0.25) is 0 Å². The molecule has 0 aromatic carbocycles. The van der Waals surface area contributed by atoms with E-state index in [1.54, 1.807) is 11.3 Å². The van der Waals surface area contributed by atoms with Gasteiger partial charge in [0.1, 0.15) is 0 Å². The maximum Gasteiger partial charge on any atom is 0.0708 e. The smallest absolute Gasteiger partial charge is 0.0708 e. The van der Waals surface area contributed by atoms with Crippen LogP contribution in [0.25, 0.3) is 0 Å². The van der Waals surface area contributed by atoms with Gasteiger partial charge >= 0.3 is 0 Å². The van der Waals surface area contributed by atoms with Gasteiger partial charge in [0.25, 0.3) is 0 Å². The van der Waals surface area contributed by atoms with E-state index in [2.05, 4.69) is 24.0 Å². The maximum atomic E-state index is 13.2. The number of ether oxygens (including phenoxy) is 1. The predicted molar refractivity (Wildman–Crippen MR) is 86.0 cm³/mol. The molecule has 3 rings (SSSR count). The van der Waals surface area contributed by atoms with Crippen molar-refractivity contribution in [1.82, 2.24) is 4.31 Å². The Labute approximate surface area is 126 Å². The summed E-state index contributed by atoms with van der Waals surface area (Å²) in [5, 5.41) is 2.02. The van der Waals surface area contributed by atoms with E-state index in [0.717, 1.165) is 49.4 Å². The van der Waals surface area contributed by atoms with Crippen molar-refractivity contribution in [1.29, 1.82) is 0 Å². The van der Waals surface area contributed by atoms with Crippen molar-refractivity contribution in [2.75, 3.05) is 19.7 Å². The van der Waals surface area contributed by atoms with Crippen molar-refractivity contribution in [2.24, 2.45) is 0 Å². The van der Waals surface area contributed by atoms with Crippen molar-refractivity contribution in [3.63, 3.8) is 0 Å². The lowest BCUT2D eigenvalue weighted by molar-refractivity contribution is -0.0304. The van der Waals surface area contributed by atoms with Gasteiger partial charge in [0.15, 0.2) is 0 Å². The fraction of sp³-hybridized carbons (Fsp3) is 0.667. The van der Waals surface area contributed by atoms with Gasteiger partial charge in [-0.15, -0.1) is 11.3 Å². The number of hydrogen-bond acceptors (Lipinski definition) is 3. The van der Waals surface area contributed by atoms with Crippen molar-refractivity contribution in [3.8, 4) is 0 Å². The largest absolute Gasteiger partial charge is 0.375 e. The van der Waals surface area contributed by atoms with Crippen molar-refractivity contribution in [3.05, 3.63) is 15.8 Å². The summed E-state index contributed by atoms with van der Waals surface area (Å²) in [6.07, 6.45) is 4.31. The molecule has 1 aromatic rings. The molecule has 2 aliphatic heterocycles. The van der Waals surface area contributed by atoms with E-state index in [1.165, 1.54) is 11.3 Å². The summed E-state index contributed by atoms with van der Waals surface area (Å²) in [6.45, 7) is 6.68. The Morgan fingerprint density at radius 2 is 2.05 bits per heavy atom. The van der Waals surface area contributed by atoms with Crippen LogP contribution in [0.3, 0.4) is 0 Å². The average molecular weight is 313 g/mol. The van der Waals surface area contributed by atoms with E-state index in [4.69, 9.17) is 4.74 Å². The second kappa shape index (κ2) is 5.13. The zero-order valence-corrected chi connectivity index (χ0v) is 13.9. The topological polar surface area (TPSA) is 29.5 Å². The molecule has 0 N–H and O–H groups in total. The first-order valence-electron chi connectivity index (χ1n) is 7.26. The third-order valence-corrected chi connectivity index (χ3v) is 8.29. The van der Waals surface area contributed by atoms with Crippen LogP contribution in [-0.2, 0) is 14.4 Å². The Hall–Kier alpha value is -0.360. The predicted octanol–water partition coefficient (Wildman–Crippen LogP) is 3.00. The monoisotopic (exact) mass is 313 g/mol. The lowest BCUT2D eigenvalue weighted by atomic mass is 9.90. The minimum absolute atomic E-state index is 0.0750. The molecule has 0 aliphatic carbocycles. The number of hydrogen-bond donors (Lipinski definition) is 0. The first kappa shape index (κ1) is 14.6. The molecule has 2 fully saturated rings. The highest BCUT2D eigenvalue weighted by atomic mass is 32.2. The summed E-state index contributed by atoms with van der Waals surface area (Å²) < 4.78 is 21.2.